The number of alkyl halides is 1. The minimum atomic E-state index is -1.43. The van der Waals surface area contributed by atoms with Gasteiger partial charge in [0.15, 0.2) is 0 Å². The summed E-state index contributed by atoms with van der Waals surface area (Å²) in [6.45, 7) is 0. The van der Waals surface area contributed by atoms with Crippen LogP contribution in [0.4, 0.5) is 4.39 Å². The Balaban J connectivity index is 2.23. The van der Waals surface area contributed by atoms with Gasteiger partial charge in [0.05, 0.1) is 20.6 Å². The number of carboxylic acids is 1. The molecule has 7 heteroatoms. The lowest BCUT2D eigenvalue weighted by Crippen LogP contribution is -1.97. The standard InChI is InChI=1S/C16H9BrCl3FO2/c17-11-5-8(1-3-10(11)16(22)23)2-4-14(21)9-6-12(18)15(20)13(19)7-9/h1-7,14H,(H,22,23). The van der Waals surface area contributed by atoms with Gasteiger partial charge in [0, 0.05) is 4.47 Å². The average Bonchev–Trinajstić information content (AvgIpc) is 2.49. The van der Waals surface area contributed by atoms with Crippen LogP contribution in [-0.2, 0) is 0 Å². The Morgan fingerprint density at radius 3 is 2.30 bits per heavy atom. The van der Waals surface area contributed by atoms with Crippen molar-refractivity contribution in [2.75, 3.05) is 0 Å². The van der Waals surface area contributed by atoms with Gasteiger partial charge in [0.25, 0.3) is 0 Å². The van der Waals surface area contributed by atoms with Crippen molar-refractivity contribution in [3.8, 4) is 0 Å². The quantitative estimate of drug-likeness (QED) is 0.531. The summed E-state index contributed by atoms with van der Waals surface area (Å²) >= 11 is 20.8. The van der Waals surface area contributed by atoms with Gasteiger partial charge in [-0.2, -0.15) is 0 Å². The van der Waals surface area contributed by atoms with Crippen LogP contribution in [-0.4, -0.2) is 11.1 Å². The second kappa shape index (κ2) is 7.67. The zero-order valence-electron chi connectivity index (χ0n) is 11.4. The molecule has 1 N–H and O–H groups in total. The maximum atomic E-state index is 14.3. The van der Waals surface area contributed by atoms with Gasteiger partial charge in [0.2, 0.25) is 0 Å². The molecule has 0 aromatic heterocycles. The molecule has 0 fully saturated rings. The molecule has 0 amide bonds. The van der Waals surface area contributed by atoms with Crippen molar-refractivity contribution in [2.45, 2.75) is 6.17 Å². The molecule has 0 saturated heterocycles. The Bertz CT molecular complexity index is 770. The fourth-order valence-corrected chi connectivity index (χ4v) is 3.03. The summed E-state index contributed by atoms with van der Waals surface area (Å²) in [6, 6.07) is 7.44. The van der Waals surface area contributed by atoms with Crippen LogP contribution in [0.3, 0.4) is 0 Å². The Kier molecular flexibility index (Phi) is 6.09. The molecule has 2 aromatic carbocycles. The largest absolute Gasteiger partial charge is 0.478 e. The Hall–Kier alpha value is -1.07. The van der Waals surface area contributed by atoms with E-state index < -0.39 is 12.1 Å². The summed E-state index contributed by atoms with van der Waals surface area (Å²) in [5, 5.41) is 9.49. The van der Waals surface area contributed by atoms with E-state index in [1.807, 2.05) is 0 Å². The van der Waals surface area contributed by atoms with Crippen LogP contribution in [0, 0.1) is 0 Å². The first-order valence-corrected chi connectivity index (χ1v) is 8.22. The van der Waals surface area contributed by atoms with Crippen LogP contribution >= 0.6 is 50.7 Å². The van der Waals surface area contributed by atoms with E-state index in [1.54, 1.807) is 12.1 Å². The van der Waals surface area contributed by atoms with Gasteiger partial charge in [-0.05, 0) is 57.4 Å². The molecule has 2 nitrogen and oxygen atoms in total. The van der Waals surface area contributed by atoms with Crippen LogP contribution in [0.1, 0.15) is 27.7 Å². The van der Waals surface area contributed by atoms with Gasteiger partial charge in [0.1, 0.15) is 6.17 Å². The van der Waals surface area contributed by atoms with E-state index in [-0.39, 0.29) is 26.2 Å². The predicted octanol–water partition coefficient (Wildman–Crippen LogP) is 6.83. The van der Waals surface area contributed by atoms with E-state index in [0.29, 0.717) is 10.0 Å². The fraction of sp³-hybridized carbons (Fsp3) is 0.0625. The van der Waals surface area contributed by atoms with Crippen LogP contribution in [0.5, 0.6) is 0 Å². The number of benzene rings is 2. The fourth-order valence-electron chi connectivity index (χ4n) is 1.85. The molecular formula is C16H9BrCl3FO2. The highest BCUT2D eigenvalue weighted by atomic mass is 79.9. The number of rotatable bonds is 4. The lowest BCUT2D eigenvalue weighted by Gasteiger charge is -2.07. The molecule has 1 unspecified atom stereocenters. The third kappa shape index (κ3) is 4.48. The van der Waals surface area contributed by atoms with Crippen LogP contribution in [0.2, 0.25) is 15.1 Å². The summed E-state index contributed by atoms with van der Waals surface area (Å²) in [5.41, 5.74) is 1.06. The van der Waals surface area contributed by atoms with Gasteiger partial charge < -0.3 is 5.11 Å². The minimum Gasteiger partial charge on any atom is -0.478 e. The summed E-state index contributed by atoms with van der Waals surface area (Å²) in [7, 11) is 0. The summed E-state index contributed by atoms with van der Waals surface area (Å²) in [6.07, 6.45) is 1.43. The first-order valence-electron chi connectivity index (χ1n) is 6.29. The van der Waals surface area contributed by atoms with E-state index in [0.717, 1.165) is 0 Å². The lowest BCUT2D eigenvalue weighted by atomic mass is 10.1. The van der Waals surface area contributed by atoms with Crippen molar-refractivity contribution < 1.29 is 14.3 Å². The van der Waals surface area contributed by atoms with E-state index in [1.165, 1.54) is 30.4 Å². The molecule has 0 aliphatic rings. The van der Waals surface area contributed by atoms with Gasteiger partial charge in [-0.15, -0.1) is 0 Å². The second-order valence-electron chi connectivity index (χ2n) is 4.60. The van der Waals surface area contributed by atoms with Crippen LogP contribution in [0.15, 0.2) is 40.9 Å². The predicted molar refractivity (Wildman–Crippen MR) is 95.5 cm³/mol. The molecule has 2 rings (SSSR count). The SMILES string of the molecule is O=C(O)c1ccc(C=CC(F)c2cc(Cl)c(Cl)c(Cl)c2)cc1Br. The van der Waals surface area contributed by atoms with E-state index in [9.17, 15) is 9.18 Å². The number of carboxylic acid groups (broad SMARTS) is 1. The smallest absolute Gasteiger partial charge is 0.336 e. The molecule has 0 spiro atoms. The number of carbonyl (C=O) groups is 1. The number of hydrogen-bond donors (Lipinski definition) is 1. The van der Waals surface area contributed by atoms with E-state index >= 15 is 0 Å². The highest BCUT2D eigenvalue weighted by Crippen LogP contribution is 2.34. The molecule has 0 saturated carbocycles. The summed E-state index contributed by atoms with van der Waals surface area (Å²) in [5.74, 6) is -1.04. The van der Waals surface area contributed by atoms with Gasteiger partial charge >= 0.3 is 5.97 Å². The second-order valence-corrected chi connectivity index (χ2v) is 6.65. The monoisotopic (exact) mass is 436 g/mol. The van der Waals surface area contributed by atoms with Crippen molar-refractivity contribution in [1.29, 1.82) is 0 Å². The Morgan fingerprint density at radius 1 is 1.17 bits per heavy atom. The van der Waals surface area contributed by atoms with Gasteiger partial charge in [-0.25, -0.2) is 9.18 Å². The van der Waals surface area contributed by atoms with Crippen LogP contribution in [0.25, 0.3) is 6.08 Å². The van der Waals surface area contributed by atoms with Crippen molar-refractivity contribution in [1.82, 2.24) is 0 Å². The maximum Gasteiger partial charge on any atom is 0.336 e. The zero-order chi connectivity index (χ0) is 17.1. The Labute approximate surface area is 155 Å². The Morgan fingerprint density at radius 2 is 1.78 bits per heavy atom. The molecule has 0 aliphatic heterocycles. The lowest BCUT2D eigenvalue weighted by molar-refractivity contribution is 0.0696. The average molecular weight is 439 g/mol. The number of allylic oxidation sites excluding steroid dienone is 1. The molecule has 1 atom stereocenters. The van der Waals surface area contributed by atoms with Crippen molar-refractivity contribution in [2.24, 2.45) is 0 Å². The zero-order valence-corrected chi connectivity index (χ0v) is 15.2. The van der Waals surface area contributed by atoms with Gasteiger partial charge in [-0.3, -0.25) is 0 Å². The topological polar surface area (TPSA) is 37.3 Å². The van der Waals surface area contributed by atoms with Crippen molar-refractivity contribution in [3.63, 3.8) is 0 Å². The highest BCUT2D eigenvalue weighted by molar-refractivity contribution is 9.10. The van der Waals surface area contributed by atoms with Crippen LogP contribution < -0.4 is 0 Å². The number of halogens is 5. The molecule has 0 radical (unpaired) electrons. The van der Waals surface area contributed by atoms with E-state index in [2.05, 4.69) is 15.9 Å². The third-order valence-corrected chi connectivity index (χ3v) is 4.86. The van der Waals surface area contributed by atoms with Crippen molar-refractivity contribution in [3.05, 3.63) is 72.6 Å². The molecular weight excluding hydrogens is 429 g/mol. The first kappa shape index (κ1) is 18.3. The highest BCUT2D eigenvalue weighted by Gasteiger charge is 2.12. The third-order valence-electron chi connectivity index (χ3n) is 3.01. The van der Waals surface area contributed by atoms with E-state index in [4.69, 9.17) is 39.9 Å². The number of aromatic carboxylic acids is 1. The first-order chi connectivity index (χ1) is 10.8. The molecule has 0 heterocycles. The van der Waals surface area contributed by atoms with Gasteiger partial charge in [-0.1, -0.05) is 46.9 Å². The minimum absolute atomic E-state index is 0.134. The summed E-state index contributed by atoms with van der Waals surface area (Å²) in [4.78, 5) is 10.9. The summed E-state index contributed by atoms with van der Waals surface area (Å²) < 4.78 is 14.7. The molecule has 120 valence electrons. The normalized spacial score (nSPS) is 12.6. The maximum absolute atomic E-state index is 14.3. The molecule has 0 bridgehead atoms. The van der Waals surface area contributed by atoms with Crippen molar-refractivity contribution >= 4 is 62.8 Å². The number of hydrogen-bond acceptors (Lipinski definition) is 1. The molecule has 23 heavy (non-hydrogen) atoms. The molecule has 0 aliphatic carbocycles. The molecule has 2 aromatic rings.